The molecule has 0 N–H and O–H groups in total. The van der Waals surface area contributed by atoms with Crippen LogP contribution in [0.15, 0.2) is 42.5 Å². The number of fused-ring (bicyclic) bond motifs is 1. The van der Waals surface area contributed by atoms with Crippen molar-refractivity contribution in [2.45, 2.75) is 36.7 Å². The fourth-order valence-corrected chi connectivity index (χ4v) is 4.88. The monoisotopic (exact) mass is 509 g/mol. The molecule has 0 bridgehead atoms. The number of alkyl halides is 2. The minimum absolute atomic E-state index is 0.137. The Morgan fingerprint density at radius 2 is 1.78 bits per heavy atom. The number of hydrogen-bond donors (Lipinski definition) is 0. The molecule has 2 aromatic carbocycles. The van der Waals surface area contributed by atoms with E-state index in [1.54, 1.807) is 33.9 Å². The molecule has 2 heterocycles. The van der Waals surface area contributed by atoms with Crippen molar-refractivity contribution in [1.29, 1.82) is 0 Å². The number of carbonyl (C=O) groups excluding carboxylic acids is 4. The topological polar surface area (TPSA) is 78.0 Å². The number of nitrogens with zero attached hydrogens (tertiary/aromatic N) is 3. The summed E-state index contributed by atoms with van der Waals surface area (Å²) in [6.07, 6.45) is 0.366. The van der Waals surface area contributed by atoms with Crippen molar-refractivity contribution in [3.05, 3.63) is 69.7 Å². The molecule has 0 aliphatic carbocycles. The molecular formula is C22H22B4ClF2N3O4. The number of benzene rings is 2. The van der Waals surface area contributed by atoms with E-state index in [4.69, 9.17) is 11.6 Å². The van der Waals surface area contributed by atoms with Crippen LogP contribution in [-0.2, 0) is 26.9 Å². The molecule has 0 saturated carbocycles. The second kappa shape index (κ2) is 9.10. The number of halogens is 3. The molecule has 14 heteroatoms. The number of rotatable bonds is 5. The molecule has 2 atom stereocenters. The second-order valence-corrected chi connectivity index (χ2v) is 9.95. The van der Waals surface area contributed by atoms with E-state index in [1.807, 2.05) is 0 Å². The molecule has 2 aromatic rings. The third kappa shape index (κ3) is 4.13. The largest absolute Gasteiger partial charge is 0.389 e. The van der Waals surface area contributed by atoms with Crippen LogP contribution in [0.25, 0.3) is 0 Å². The highest BCUT2D eigenvalue weighted by molar-refractivity contribution is 6.38. The van der Waals surface area contributed by atoms with Crippen LogP contribution in [0, 0.1) is 0 Å². The number of piperidine rings is 1. The van der Waals surface area contributed by atoms with Gasteiger partial charge in [0.05, 0.1) is 5.44 Å². The van der Waals surface area contributed by atoms with Gasteiger partial charge in [-0.15, -0.1) is 0 Å². The van der Waals surface area contributed by atoms with Crippen molar-refractivity contribution in [2.75, 3.05) is 0 Å². The third-order valence-electron chi connectivity index (χ3n) is 7.35. The Kier molecular flexibility index (Phi) is 6.58. The first-order chi connectivity index (χ1) is 16.8. The minimum atomic E-state index is -3.75. The van der Waals surface area contributed by atoms with Gasteiger partial charge in [-0.1, -0.05) is 35.9 Å². The van der Waals surface area contributed by atoms with Gasteiger partial charge in [-0.3, -0.25) is 19.2 Å². The Morgan fingerprint density at radius 1 is 1.14 bits per heavy atom. The van der Waals surface area contributed by atoms with Crippen molar-refractivity contribution >= 4 is 66.9 Å². The predicted octanol–water partition coefficient (Wildman–Crippen LogP) is -0.877. The van der Waals surface area contributed by atoms with E-state index in [-0.39, 0.29) is 36.2 Å². The van der Waals surface area contributed by atoms with Crippen molar-refractivity contribution in [3.63, 3.8) is 0 Å². The molecule has 1 fully saturated rings. The Labute approximate surface area is 215 Å². The van der Waals surface area contributed by atoms with Crippen LogP contribution < -0.4 is 0 Å². The van der Waals surface area contributed by atoms with Gasteiger partial charge in [0, 0.05) is 35.1 Å². The third-order valence-corrected chi connectivity index (χ3v) is 7.61. The maximum Gasteiger partial charge on any atom is 0.348 e. The first kappa shape index (κ1) is 26.0. The van der Waals surface area contributed by atoms with E-state index in [9.17, 15) is 28.0 Å². The van der Waals surface area contributed by atoms with Gasteiger partial charge in [0.1, 0.15) is 15.7 Å². The fourth-order valence-electron chi connectivity index (χ4n) is 4.75. The van der Waals surface area contributed by atoms with Gasteiger partial charge >= 0.3 is 5.92 Å². The lowest BCUT2D eigenvalue weighted by atomic mass is 9.68. The Morgan fingerprint density at radius 3 is 2.42 bits per heavy atom. The van der Waals surface area contributed by atoms with Crippen LogP contribution >= 0.6 is 11.6 Å². The van der Waals surface area contributed by atoms with E-state index < -0.39 is 34.7 Å². The van der Waals surface area contributed by atoms with E-state index in [0.29, 0.717) is 16.7 Å². The normalized spacial score (nSPS) is 20.9. The summed E-state index contributed by atoms with van der Waals surface area (Å²) in [4.78, 5) is 54.2. The van der Waals surface area contributed by atoms with Gasteiger partial charge in [-0.25, -0.2) is 0 Å². The molecule has 1 saturated heterocycles. The van der Waals surface area contributed by atoms with Crippen LogP contribution in [-0.4, -0.2) is 75.2 Å². The van der Waals surface area contributed by atoms with Gasteiger partial charge in [0.2, 0.25) is 27.8 Å². The quantitative estimate of drug-likeness (QED) is 0.388. The summed E-state index contributed by atoms with van der Waals surface area (Å²) < 4.78 is 29.9. The summed E-state index contributed by atoms with van der Waals surface area (Å²) in [6, 6.07) is 9.75. The van der Waals surface area contributed by atoms with Gasteiger partial charge in [-0.05, 0) is 35.7 Å². The van der Waals surface area contributed by atoms with Crippen LogP contribution in [0.3, 0.4) is 0 Å². The van der Waals surface area contributed by atoms with Gasteiger partial charge < -0.3 is 14.5 Å². The molecule has 36 heavy (non-hydrogen) atoms. The van der Waals surface area contributed by atoms with Crippen molar-refractivity contribution in [1.82, 2.24) is 14.5 Å². The predicted molar refractivity (Wildman–Crippen MR) is 139 cm³/mol. The molecule has 2 unspecified atom stereocenters. The maximum atomic E-state index is 14.9. The summed E-state index contributed by atoms with van der Waals surface area (Å²) in [6.45, 7) is 0.137. The summed E-state index contributed by atoms with van der Waals surface area (Å²) >= 11 is 5.78. The van der Waals surface area contributed by atoms with E-state index >= 15 is 0 Å². The molecule has 4 rings (SSSR count). The Balaban J connectivity index is 1.56. The molecule has 4 amide bonds. The average Bonchev–Trinajstić information content (AvgIpc) is 3.20. The molecule has 0 radical (unpaired) electrons. The lowest BCUT2D eigenvalue weighted by Gasteiger charge is -2.43. The molecular weight excluding hydrogens is 487 g/mol. The number of carbonyl (C=O) groups is 4. The van der Waals surface area contributed by atoms with Crippen LogP contribution in [0.5, 0.6) is 0 Å². The summed E-state index contributed by atoms with van der Waals surface area (Å²) in [5.74, 6) is -6.91. The van der Waals surface area contributed by atoms with Gasteiger partial charge in [0.15, 0.2) is 0 Å². The van der Waals surface area contributed by atoms with E-state index in [2.05, 4.69) is 0 Å². The molecule has 182 valence electrons. The van der Waals surface area contributed by atoms with E-state index in [1.165, 1.54) is 33.0 Å². The summed E-state index contributed by atoms with van der Waals surface area (Å²) in [5.41, 5.74) is -0.0282. The van der Waals surface area contributed by atoms with Crippen molar-refractivity contribution < 1.29 is 28.0 Å². The minimum Gasteiger partial charge on any atom is -0.389 e. The van der Waals surface area contributed by atoms with E-state index in [0.717, 1.165) is 21.8 Å². The van der Waals surface area contributed by atoms with Gasteiger partial charge in [0.25, 0.3) is 11.8 Å². The standard InChI is InChI=1S/C22H22B4ClF2N3O4/c23-17(32(26)20(36)22(28,29)13-2-4-14(27)5-3-13)11-1-6-15-12(9-11)10-30(18(15)34)21(24)8-7-16(33)31(25)19(21)35/h1-6,9,17H,7-8,10,23-26H2. The summed E-state index contributed by atoms with van der Waals surface area (Å²) in [7, 11) is 5.98. The molecule has 7 nitrogen and oxygen atoms in total. The number of imide groups is 1. The first-order valence-corrected chi connectivity index (χ1v) is 11.8. The average molecular weight is 509 g/mol. The van der Waals surface area contributed by atoms with Crippen LogP contribution in [0.1, 0.15) is 45.8 Å². The highest BCUT2D eigenvalue weighted by Gasteiger charge is 2.50. The molecule has 0 aromatic heterocycles. The zero-order chi connectivity index (χ0) is 26.6. The maximum absolute atomic E-state index is 14.9. The smallest absolute Gasteiger partial charge is 0.348 e. The second-order valence-electron chi connectivity index (χ2n) is 9.51. The van der Waals surface area contributed by atoms with Crippen LogP contribution in [0.4, 0.5) is 8.78 Å². The zero-order valence-corrected chi connectivity index (χ0v) is 21.1. The fraction of sp³-hybridized carbons (Fsp3) is 0.273. The SMILES string of the molecule is BC(c1ccc2c(c1)CN(C1(B)CCC(=O)N(B)C1=O)C2=O)N(B)C(=O)C(F)(F)c1ccc(Cl)cc1. The van der Waals surface area contributed by atoms with Gasteiger partial charge in [-0.2, -0.15) is 8.78 Å². The molecule has 2 aliphatic heterocycles. The summed E-state index contributed by atoms with van der Waals surface area (Å²) in [5, 5.41) is 0.285. The Hall–Kier alpha value is -3.07. The van der Waals surface area contributed by atoms with Crippen LogP contribution in [0.2, 0.25) is 5.02 Å². The zero-order valence-electron chi connectivity index (χ0n) is 20.3. The highest BCUT2D eigenvalue weighted by atomic mass is 35.5. The van der Waals surface area contributed by atoms with Crippen molar-refractivity contribution in [3.8, 4) is 0 Å². The lowest BCUT2D eigenvalue weighted by molar-refractivity contribution is -0.154. The Bertz CT molecular complexity index is 1280. The van der Waals surface area contributed by atoms with Crippen molar-refractivity contribution in [2.24, 2.45) is 0 Å². The number of amides is 4. The highest BCUT2D eigenvalue weighted by Crippen LogP contribution is 2.36. The molecule has 2 aliphatic rings. The molecule has 0 spiro atoms. The number of hydrogen-bond acceptors (Lipinski definition) is 4. The first-order valence-electron chi connectivity index (χ1n) is 11.5. The lowest BCUT2D eigenvalue weighted by Crippen LogP contribution is -2.64.